The molecule has 0 aliphatic heterocycles. The van der Waals surface area contributed by atoms with Crippen molar-refractivity contribution < 1.29 is 0 Å². The van der Waals surface area contributed by atoms with E-state index >= 15 is 0 Å². The zero-order valence-electron chi connectivity index (χ0n) is 13.2. The Morgan fingerprint density at radius 3 is 2.25 bits per heavy atom. The molecular formula is C17H25N3. The van der Waals surface area contributed by atoms with Crippen LogP contribution in [0.25, 0.3) is 0 Å². The molecule has 108 valence electrons. The molecule has 0 bridgehead atoms. The number of hydrogen-bond donors (Lipinski definition) is 1. The first-order chi connectivity index (χ1) is 9.42. The van der Waals surface area contributed by atoms with Crippen molar-refractivity contribution in [2.24, 2.45) is 12.8 Å². The van der Waals surface area contributed by atoms with E-state index in [-0.39, 0.29) is 6.04 Å². The summed E-state index contributed by atoms with van der Waals surface area (Å²) in [6.45, 7) is 8.59. The molecule has 0 aliphatic rings. The van der Waals surface area contributed by atoms with Crippen LogP contribution < -0.4 is 5.73 Å². The number of benzene rings is 1. The van der Waals surface area contributed by atoms with Crippen molar-refractivity contribution in [1.29, 1.82) is 0 Å². The van der Waals surface area contributed by atoms with Gasteiger partial charge >= 0.3 is 0 Å². The van der Waals surface area contributed by atoms with Gasteiger partial charge in [-0.1, -0.05) is 24.6 Å². The van der Waals surface area contributed by atoms with Gasteiger partial charge in [-0.15, -0.1) is 0 Å². The Morgan fingerprint density at radius 2 is 1.75 bits per heavy atom. The maximum absolute atomic E-state index is 6.41. The third-order valence-corrected chi connectivity index (χ3v) is 3.97. The standard InChI is InChI=1S/C17H25N3/c1-6-14-9-17(20(5)19-14)16(18)10-15-12(3)7-11(2)8-13(15)4/h7-9,16H,6,10,18H2,1-5H3. The summed E-state index contributed by atoms with van der Waals surface area (Å²) in [6.07, 6.45) is 1.81. The number of rotatable bonds is 4. The van der Waals surface area contributed by atoms with Gasteiger partial charge in [-0.05, 0) is 56.4 Å². The summed E-state index contributed by atoms with van der Waals surface area (Å²) in [6, 6.07) is 6.59. The maximum atomic E-state index is 6.41. The van der Waals surface area contributed by atoms with Crippen molar-refractivity contribution in [3.05, 3.63) is 51.8 Å². The molecule has 0 fully saturated rings. The number of nitrogens with two attached hydrogens (primary N) is 1. The van der Waals surface area contributed by atoms with Crippen molar-refractivity contribution in [2.75, 3.05) is 0 Å². The van der Waals surface area contributed by atoms with Crippen LogP contribution in [0.2, 0.25) is 0 Å². The molecule has 2 N–H and O–H groups in total. The molecule has 2 rings (SSSR count). The van der Waals surface area contributed by atoms with Crippen LogP contribution in [-0.2, 0) is 19.9 Å². The molecule has 0 radical (unpaired) electrons. The molecule has 0 spiro atoms. The molecule has 2 aromatic rings. The van der Waals surface area contributed by atoms with Crippen LogP contribution >= 0.6 is 0 Å². The Hall–Kier alpha value is -1.61. The summed E-state index contributed by atoms with van der Waals surface area (Å²) in [5, 5.41) is 4.49. The molecule has 3 nitrogen and oxygen atoms in total. The van der Waals surface area contributed by atoms with Crippen LogP contribution in [0.1, 0.15) is 46.6 Å². The van der Waals surface area contributed by atoms with Crippen molar-refractivity contribution in [3.63, 3.8) is 0 Å². The average Bonchev–Trinajstić information content (AvgIpc) is 2.75. The zero-order chi connectivity index (χ0) is 14.9. The zero-order valence-corrected chi connectivity index (χ0v) is 13.2. The summed E-state index contributed by atoms with van der Waals surface area (Å²) in [7, 11) is 1.98. The van der Waals surface area contributed by atoms with Crippen molar-refractivity contribution in [1.82, 2.24) is 9.78 Å². The van der Waals surface area contributed by atoms with E-state index in [0.29, 0.717) is 0 Å². The molecule has 1 aromatic carbocycles. The minimum Gasteiger partial charge on any atom is -0.322 e. The highest BCUT2D eigenvalue weighted by Crippen LogP contribution is 2.23. The second-order valence-electron chi connectivity index (χ2n) is 5.73. The molecule has 1 atom stereocenters. The van der Waals surface area contributed by atoms with E-state index in [1.807, 2.05) is 11.7 Å². The van der Waals surface area contributed by atoms with Crippen molar-refractivity contribution in [2.45, 2.75) is 46.6 Å². The summed E-state index contributed by atoms with van der Waals surface area (Å²) in [5.41, 5.74) is 14.0. The third kappa shape index (κ3) is 2.93. The second kappa shape index (κ2) is 5.80. The molecule has 3 heteroatoms. The maximum Gasteiger partial charge on any atom is 0.0625 e. The summed E-state index contributed by atoms with van der Waals surface area (Å²) in [4.78, 5) is 0. The Balaban J connectivity index is 2.27. The van der Waals surface area contributed by atoms with E-state index in [9.17, 15) is 0 Å². The first kappa shape index (κ1) is 14.8. The average molecular weight is 271 g/mol. The van der Waals surface area contributed by atoms with Crippen LogP contribution in [0.15, 0.2) is 18.2 Å². The van der Waals surface area contributed by atoms with Gasteiger partial charge in [-0.25, -0.2) is 0 Å². The van der Waals surface area contributed by atoms with Gasteiger partial charge in [-0.3, -0.25) is 4.68 Å². The van der Waals surface area contributed by atoms with E-state index < -0.39 is 0 Å². The molecule has 1 unspecified atom stereocenters. The first-order valence-electron chi connectivity index (χ1n) is 7.27. The van der Waals surface area contributed by atoms with Gasteiger partial charge in [0.25, 0.3) is 0 Å². The van der Waals surface area contributed by atoms with E-state index in [4.69, 9.17) is 5.73 Å². The van der Waals surface area contributed by atoms with Gasteiger partial charge in [0.15, 0.2) is 0 Å². The smallest absolute Gasteiger partial charge is 0.0625 e. The lowest BCUT2D eigenvalue weighted by molar-refractivity contribution is 0.612. The van der Waals surface area contributed by atoms with Gasteiger partial charge in [-0.2, -0.15) is 5.10 Å². The quantitative estimate of drug-likeness (QED) is 0.928. The fraction of sp³-hybridized carbons (Fsp3) is 0.471. The summed E-state index contributed by atoms with van der Waals surface area (Å²) >= 11 is 0. The van der Waals surface area contributed by atoms with Gasteiger partial charge in [0, 0.05) is 7.05 Å². The van der Waals surface area contributed by atoms with Gasteiger partial charge in [0.05, 0.1) is 17.4 Å². The highest BCUT2D eigenvalue weighted by molar-refractivity contribution is 5.38. The SMILES string of the molecule is CCc1cc(C(N)Cc2c(C)cc(C)cc2C)n(C)n1. The van der Waals surface area contributed by atoms with Gasteiger partial charge in [0.1, 0.15) is 0 Å². The molecule has 1 aromatic heterocycles. The molecule has 0 amide bonds. The van der Waals surface area contributed by atoms with Crippen LogP contribution in [0.5, 0.6) is 0 Å². The Kier molecular flexibility index (Phi) is 4.29. The molecule has 20 heavy (non-hydrogen) atoms. The lowest BCUT2D eigenvalue weighted by Crippen LogP contribution is -2.18. The molecule has 0 aliphatic carbocycles. The lowest BCUT2D eigenvalue weighted by Gasteiger charge is -2.16. The van der Waals surface area contributed by atoms with Crippen LogP contribution in [-0.4, -0.2) is 9.78 Å². The van der Waals surface area contributed by atoms with Gasteiger partial charge in [0.2, 0.25) is 0 Å². The minimum absolute atomic E-state index is 0.00657. The Morgan fingerprint density at radius 1 is 1.15 bits per heavy atom. The number of aromatic nitrogens is 2. The van der Waals surface area contributed by atoms with E-state index in [0.717, 1.165) is 24.2 Å². The fourth-order valence-corrected chi connectivity index (χ4v) is 2.92. The predicted molar refractivity (Wildman–Crippen MR) is 83.9 cm³/mol. The minimum atomic E-state index is -0.00657. The second-order valence-corrected chi connectivity index (χ2v) is 5.73. The van der Waals surface area contributed by atoms with Crippen molar-refractivity contribution in [3.8, 4) is 0 Å². The highest BCUT2D eigenvalue weighted by atomic mass is 15.3. The Labute approximate surface area is 121 Å². The lowest BCUT2D eigenvalue weighted by atomic mass is 9.93. The van der Waals surface area contributed by atoms with E-state index in [2.05, 4.69) is 51.0 Å². The van der Waals surface area contributed by atoms with Gasteiger partial charge < -0.3 is 5.73 Å². The van der Waals surface area contributed by atoms with E-state index in [1.165, 1.54) is 22.3 Å². The van der Waals surface area contributed by atoms with E-state index in [1.54, 1.807) is 0 Å². The number of hydrogen-bond acceptors (Lipinski definition) is 2. The molecular weight excluding hydrogens is 246 g/mol. The topological polar surface area (TPSA) is 43.8 Å². The fourth-order valence-electron chi connectivity index (χ4n) is 2.92. The van der Waals surface area contributed by atoms with Crippen molar-refractivity contribution >= 4 is 0 Å². The first-order valence-corrected chi connectivity index (χ1v) is 7.27. The number of nitrogens with zero attached hydrogens (tertiary/aromatic N) is 2. The van der Waals surface area contributed by atoms with Crippen LogP contribution in [0.4, 0.5) is 0 Å². The molecule has 1 heterocycles. The highest BCUT2D eigenvalue weighted by Gasteiger charge is 2.15. The Bertz CT molecular complexity index is 588. The normalized spacial score (nSPS) is 12.7. The number of aryl methyl sites for hydroxylation is 5. The predicted octanol–water partition coefficient (Wildman–Crippen LogP) is 3.15. The van der Waals surface area contributed by atoms with Crippen LogP contribution in [0, 0.1) is 20.8 Å². The largest absolute Gasteiger partial charge is 0.322 e. The summed E-state index contributed by atoms with van der Waals surface area (Å²) in [5.74, 6) is 0. The van der Waals surface area contributed by atoms with Crippen LogP contribution in [0.3, 0.4) is 0 Å². The molecule has 0 saturated carbocycles. The summed E-state index contributed by atoms with van der Waals surface area (Å²) < 4.78 is 1.92. The molecule has 0 saturated heterocycles. The third-order valence-electron chi connectivity index (χ3n) is 3.97. The monoisotopic (exact) mass is 271 g/mol.